The summed E-state index contributed by atoms with van der Waals surface area (Å²) in [5, 5.41) is 5.56. The van der Waals surface area contributed by atoms with Crippen molar-refractivity contribution in [1.82, 2.24) is 36.6 Å². The van der Waals surface area contributed by atoms with Gasteiger partial charge in [-0.3, -0.25) is 0 Å². The van der Waals surface area contributed by atoms with Crippen LogP contribution in [0.15, 0.2) is 34.1 Å². The van der Waals surface area contributed by atoms with Crippen LogP contribution in [0.1, 0.15) is 17.3 Å². The molecular weight excluding hydrogens is 472 g/mol. The van der Waals surface area contributed by atoms with E-state index in [-0.39, 0.29) is 24.6 Å². The van der Waals surface area contributed by atoms with Crippen molar-refractivity contribution >= 4 is 37.0 Å². The van der Waals surface area contributed by atoms with Crippen LogP contribution < -0.4 is 43.2 Å². The third-order valence-corrected chi connectivity index (χ3v) is 7.75. The number of hydrogen-bond donors (Lipinski definition) is 9. The second-order valence-corrected chi connectivity index (χ2v) is 10.6. The smallest absolute Gasteiger partial charge is 0.241 e. The third kappa shape index (κ3) is 4.31. The van der Waals surface area contributed by atoms with E-state index in [0.717, 1.165) is 5.56 Å². The van der Waals surface area contributed by atoms with Crippen LogP contribution in [0.5, 0.6) is 0 Å². The molecule has 0 spiro atoms. The summed E-state index contributed by atoms with van der Waals surface area (Å²) >= 11 is 0. The number of hydrazine groups is 3. The number of aromatic nitrogens is 2. The van der Waals surface area contributed by atoms with Gasteiger partial charge in [-0.05, 0) is 24.1 Å². The summed E-state index contributed by atoms with van der Waals surface area (Å²) in [6.45, 7) is 1.80. The highest BCUT2D eigenvalue weighted by Gasteiger charge is 2.34. The van der Waals surface area contributed by atoms with Crippen molar-refractivity contribution in [2.45, 2.75) is 22.9 Å². The topological polar surface area (TPSA) is 235 Å². The molecule has 178 valence electrons. The highest BCUT2D eigenvalue weighted by Crippen LogP contribution is 2.39. The van der Waals surface area contributed by atoms with Crippen molar-refractivity contribution in [3.8, 4) is 11.1 Å². The van der Waals surface area contributed by atoms with E-state index in [0.29, 0.717) is 22.2 Å². The Hall–Kier alpha value is -2.67. The molecule has 2 heterocycles. The molecule has 4 rings (SSSR count). The molecule has 1 fully saturated rings. The van der Waals surface area contributed by atoms with Gasteiger partial charge in [0.25, 0.3) is 0 Å². The van der Waals surface area contributed by atoms with Crippen molar-refractivity contribution in [2.24, 2.45) is 10.9 Å². The van der Waals surface area contributed by atoms with Crippen molar-refractivity contribution in [3.05, 3.63) is 35.4 Å². The fourth-order valence-electron chi connectivity index (χ4n) is 3.74. The predicted octanol–water partition coefficient (Wildman–Crippen LogP) is -1.88. The maximum atomic E-state index is 12.9. The van der Waals surface area contributed by atoms with Gasteiger partial charge in [-0.15, -0.1) is 0 Å². The van der Waals surface area contributed by atoms with E-state index in [4.69, 9.17) is 16.6 Å². The maximum absolute atomic E-state index is 12.9. The van der Waals surface area contributed by atoms with Gasteiger partial charge in [-0.25, -0.2) is 42.5 Å². The first kappa shape index (κ1) is 23.5. The quantitative estimate of drug-likeness (QED) is 0.175. The van der Waals surface area contributed by atoms with E-state index in [1.807, 2.05) is 6.92 Å². The molecule has 0 unspecified atom stereocenters. The third-order valence-electron chi connectivity index (χ3n) is 5.11. The summed E-state index contributed by atoms with van der Waals surface area (Å²) in [6.07, 6.45) is -0.880. The van der Waals surface area contributed by atoms with Crippen LogP contribution in [-0.2, 0) is 20.0 Å². The van der Waals surface area contributed by atoms with Gasteiger partial charge in [0.05, 0.1) is 11.0 Å². The Morgan fingerprint density at radius 1 is 1.06 bits per heavy atom. The predicted molar refractivity (Wildman–Crippen MR) is 122 cm³/mol. The molecule has 0 saturated carbocycles. The SMILES string of the molecule is Cc1ccc(-c2ccc(S(=O)(=O)NCCN)c(S(N)(=O)=O)c2C2NNNN2)c2[nH]c(N)nc12. The first-order valence-electron chi connectivity index (χ1n) is 9.70. The van der Waals surface area contributed by atoms with Crippen molar-refractivity contribution in [1.29, 1.82) is 0 Å². The van der Waals surface area contributed by atoms with Crippen molar-refractivity contribution in [2.75, 3.05) is 18.8 Å². The average Bonchev–Trinajstić information content (AvgIpc) is 3.41. The fraction of sp³-hybridized carbons (Fsp3) is 0.235. The van der Waals surface area contributed by atoms with Crippen LogP contribution in [0.25, 0.3) is 22.2 Å². The first-order chi connectivity index (χ1) is 15.5. The van der Waals surface area contributed by atoms with Gasteiger partial charge < -0.3 is 16.5 Å². The monoisotopic (exact) mass is 496 g/mol. The van der Waals surface area contributed by atoms with Crippen molar-refractivity contribution < 1.29 is 16.8 Å². The summed E-state index contributed by atoms with van der Waals surface area (Å²) < 4.78 is 53.7. The molecule has 0 aliphatic carbocycles. The molecule has 0 radical (unpaired) electrons. The van der Waals surface area contributed by atoms with Crippen LogP contribution in [0, 0.1) is 6.92 Å². The number of aryl methyl sites for hydroxylation is 1. The molecule has 0 bridgehead atoms. The van der Waals surface area contributed by atoms with Gasteiger partial charge in [-0.2, -0.15) is 11.1 Å². The highest BCUT2D eigenvalue weighted by molar-refractivity contribution is 7.92. The number of sulfonamides is 2. The van der Waals surface area contributed by atoms with E-state index >= 15 is 0 Å². The second kappa shape index (κ2) is 8.60. The zero-order valence-corrected chi connectivity index (χ0v) is 19.1. The Balaban J connectivity index is 2.09. The molecule has 0 amide bonds. The number of nitrogens with one attached hydrogen (secondary N) is 6. The highest BCUT2D eigenvalue weighted by atomic mass is 32.2. The molecule has 1 aliphatic heterocycles. The number of hydrogen-bond acceptors (Lipinski definition) is 11. The largest absolute Gasteiger partial charge is 0.369 e. The van der Waals surface area contributed by atoms with Crippen LogP contribution in [0.3, 0.4) is 0 Å². The molecule has 2 aromatic carbocycles. The van der Waals surface area contributed by atoms with Crippen LogP contribution in [0.4, 0.5) is 5.95 Å². The molecule has 3 aromatic rings. The number of anilines is 1. The summed E-state index contributed by atoms with van der Waals surface area (Å²) in [7, 11) is -8.79. The Bertz CT molecular complexity index is 1430. The number of aromatic amines is 1. The van der Waals surface area contributed by atoms with Gasteiger partial charge in [0.15, 0.2) is 5.95 Å². The number of fused-ring (bicyclic) bond motifs is 1. The Morgan fingerprint density at radius 3 is 2.36 bits per heavy atom. The summed E-state index contributed by atoms with van der Waals surface area (Å²) in [5.74, 6) is 0.180. The van der Waals surface area contributed by atoms with Crippen molar-refractivity contribution in [3.63, 3.8) is 0 Å². The van der Waals surface area contributed by atoms with Gasteiger partial charge in [0, 0.05) is 24.2 Å². The molecule has 1 aromatic heterocycles. The van der Waals surface area contributed by atoms with E-state index in [1.165, 1.54) is 12.1 Å². The lowest BCUT2D eigenvalue weighted by Gasteiger charge is -2.22. The maximum Gasteiger partial charge on any atom is 0.241 e. The lowest BCUT2D eigenvalue weighted by atomic mass is 9.95. The minimum absolute atomic E-state index is 0.0249. The standard InChI is InChI=1S/C17H24N10O4S2/c1-8-2-3-10(14-13(8)22-17(19)23-14)9-4-5-11(33(30,31)21-7-6-18)15(32(20,28)29)12(9)16-24-26-27-25-16/h2-5,16,21,24-27H,6-7,18H2,1H3,(H3,19,22,23)(H2,20,28,29). The molecule has 33 heavy (non-hydrogen) atoms. The minimum Gasteiger partial charge on any atom is -0.369 e. The number of H-pyrrole nitrogens is 1. The molecule has 1 saturated heterocycles. The Labute approximate surface area is 189 Å². The Morgan fingerprint density at radius 2 is 1.73 bits per heavy atom. The van der Waals surface area contributed by atoms with E-state index < -0.39 is 36.0 Å². The van der Waals surface area contributed by atoms with Crippen LogP contribution in [-0.4, -0.2) is 39.9 Å². The molecule has 1 aliphatic rings. The van der Waals surface area contributed by atoms with Crippen LogP contribution in [0.2, 0.25) is 0 Å². The number of imidazole rings is 1. The van der Waals surface area contributed by atoms with E-state index in [9.17, 15) is 16.8 Å². The van der Waals surface area contributed by atoms with E-state index in [2.05, 4.69) is 36.6 Å². The molecule has 14 nitrogen and oxygen atoms in total. The molecule has 16 heteroatoms. The average molecular weight is 497 g/mol. The van der Waals surface area contributed by atoms with Gasteiger partial charge in [0.2, 0.25) is 20.0 Å². The number of nitrogens with two attached hydrogens (primary N) is 3. The normalized spacial score (nSPS) is 15.5. The Kier molecular flexibility index (Phi) is 6.12. The second-order valence-electron chi connectivity index (χ2n) is 7.33. The summed E-state index contributed by atoms with van der Waals surface area (Å²) in [6, 6.07) is 6.26. The fourth-order valence-corrected chi connectivity index (χ4v) is 6.44. The first-order valence-corrected chi connectivity index (χ1v) is 12.7. The van der Waals surface area contributed by atoms with Gasteiger partial charge >= 0.3 is 0 Å². The lowest BCUT2D eigenvalue weighted by molar-refractivity contribution is 0.533. The lowest BCUT2D eigenvalue weighted by Crippen LogP contribution is -2.33. The summed E-state index contributed by atoms with van der Waals surface area (Å²) in [4.78, 5) is 6.21. The number of nitrogens with zero attached hydrogens (tertiary/aromatic N) is 1. The number of rotatable bonds is 7. The molecule has 12 N–H and O–H groups in total. The molecule has 0 atom stereocenters. The molecular formula is C17H24N10O4S2. The van der Waals surface area contributed by atoms with Crippen LogP contribution >= 0.6 is 0 Å². The summed E-state index contributed by atoms with van der Waals surface area (Å²) in [5.41, 5.74) is 25.1. The zero-order chi connectivity index (χ0) is 24.0. The number of primary sulfonamides is 1. The number of benzene rings is 2. The minimum atomic E-state index is -4.53. The van der Waals surface area contributed by atoms with Gasteiger partial charge in [-0.1, -0.05) is 18.2 Å². The van der Waals surface area contributed by atoms with Gasteiger partial charge in [0.1, 0.15) is 16.0 Å². The zero-order valence-electron chi connectivity index (χ0n) is 17.4. The number of nitrogen functional groups attached to an aromatic ring is 1. The van der Waals surface area contributed by atoms with E-state index in [1.54, 1.807) is 12.1 Å².